The Bertz CT molecular complexity index is 484. The van der Waals surface area contributed by atoms with Crippen LogP contribution in [0.2, 0.25) is 0 Å². The number of allylic oxidation sites excluding steroid dienone is 1. The summed E-state index contributed by atoms with van der Waals surface area (Å²) in [7, 11) is 0. The molecule has 0 fully saturated rings. The molecule has 3 rings (SSSR count). The van der Waals surface area contributed by atoms with Crippen LogP contribution in [-0.2, 0) is 6.42 Å². The molecule has 0 saturated heterocycles. The second-order valence-corrected chi connectivity index (χ2v) is 5.31. The van der Waals surface area contributed by atoms with Crippen LogP contribution in [0.3, 0.4) is 0 Å². The lowest BCUT2D eigenvalue weighted by atomic mass is 9.91. The van der Waals surface area contributed by atoms with Gasteiger partial charge in [0.2, 0.25) is 0 Å². The number of rotatable bonds is 4. The molecule has 0 amide bonds. The lowest BCUT2D eigenvalue weighted by Crippen LogP contribution is -2.35. The summed E-state index contributed by atoms with van der Waals surface area (Å²) in [4.78, 5) is 0. The standard InChI is InChI=1S/C17H21N/c1-2-3-4-9-17-16-12-13-7-5-6-8-14(13)15(16)10-11-18-17/h2,5-8,17-18H,1,3-4,9-12H2/t17-/m0/s1. The van der Waals surface area contributed by atoms with E-state index in [1.54, 1.807) is 11.1 Å². The van der Waals surface area contributed by atoms with Crippen LogP contribution in [0.4, 0.5) is 0 Å². The van der Waals surface area contributed by atoms with Gasteiger partial charge in [-0.15, -0.1) is 6.58 Å². The minimum absolute atomic E-state index is 0.598. The van der Waals surface area contributed by atoms with Crippen LogP contribution in [0.15, 0.2) is 42.5 Å². The lowest BCUT2D eigenvalue weighted by Gasteiger charge is -2.26. The minimum Gasteiger partial charge on any atom is -0.310 e. The van der Waals surface area contributed by atoms with E-state index in [0.717, 1.165) is 19.4 Å². The predicted octanol–water partition coefficient (Wildman–Crippen LogP) is 3.71. The van der Waals surface area contributed by atoms with Gasteiger partial charge in [-0.25, -0.2) is 0 Å². The van der Waals surface area contributed by atoms with Crippen LogP contribution in [0.5, 0.6) is 0 Å². The summed E-state index contributed by atoms with van der Waals surface area (Å²) >= 11 is 0. The van der Waals surface area contributed by atoms with E-state index in [0.29, 0.717) is 6.04 Å². The van der Waals surface area contributed by atoms with Gasteiger partial charge in [0.15, 0.2) is 0 Å². The summed E-state index contributed by atoms with van der Waals surface area (Å²) in [5.74, 6) is 0. The van der Waals surface area contributed by atoms with Crippen molar-refractivity contribution >= 4 is 5.57 Å². The summed E-state index contributed by atoms with van der Waals surface area (Å²) in [6, 6.07) is 9.51. The highest BCUT2D eigenvalue weighted by atomic mass is 14.9. The number of hydrogen-bond donors (Lipinski definition) is 1. The fourth-order valence-corrected chi connectivity index (χ4v) is 3.32. The van der Waals surface area contributed by atoms with Gasteiger partial charge in [-0.2, -0.15) is 0 Å². The van der Waals surface area contributed by atoms with Crippen molar-refractivity contribution in [3.05, 3.63) is 53.6 Å². The van der Waals surface area contributed by atoms with E-state index in [2.05, 4.69) is 36.2 Å². The van der Waals surface area contributed by atoms with Crippen LogP contribution in [0, 0.1) is 0 Å². The number of nitrogens with one attached hydrogen (secondary N) is 1. The number of hydrogen-bond acceptors (Lipinski definition) is 1. The zero-order chi connectivity index (χ0) is 12.4. The van der Waals surface area contributed by atoms with Crippen molar-refractivity contribution in [2.75, 3.05) is 6.54 Å². The van der Waals surface area contributed by atoms with E-state index in [4.69, 9.17) is 0 Å². The van der Waals surface area contributed by atoms with E-state index in [9.17, 15) is 0 Å². The second-order valence-electron chi connectivity index (χ2n) is 5.31. The Morgan fingerprint density at radius 2 is 2.22 bits per heavy atom. The van der Waals surface area contributed by atoms with Crippen LogP contribution in [0.1, 0.15) is 36.8 Å². The highest BCUT2D eigenvalue weighted by Crippen LogP contribution is 2.39. The Balaban J connectivity index is 1.81. The van der Waals surface area contributed by atoms with E-state index >= 15 is 0 Å². The predicted molar refractivity (Wildman–Crippen MR) is 77.5 cm³/mol. The molecule has 0 bridgehead atoms. The molecule has 0 spiro atoms. The van der Waals surface area contributed by atoms with Gasteiger partial charge in [0.05, 0.1) is 0 Å². The Morgan fingerprint density at radius 1 is 1.33 bits per heavy atom. The molecule has 2 aliphatic rings. The molecule has 0 radical (unpaired) electrons. The summed E-state index contributed by atoms with van der Waals surface area (Å²) < 4.78 is 0. The van der Waals surface area contributed by atoms with Gasteiger partial charge in [0, 0.05) is 6.04 Å². The van der Waals surface area contributed by atoms with Gasteiger partial charge in [0.25, 0.3) is 0 Å². The molecule has 1 aliphatic carbocycles. The molecule has 1 nitrogen and oxygen atoms in total. The van der Waals surface area contributed by atoms with Gasteiger partial charge >= 0.3 is 0 Å². The van der Waals surface area contributed by atoms with Gasteiger partial charge in [-0.3, -0.25) is 0 Å². The smallest absolute Gasteiger partial charge is 0.0288 e. The molecule has 18 heavy (non-hydrogen) atoms. The summed E-state index contributed by atoms with van der Waals surface area (Å²) in [6.07, 6.45) is 8.02. The number of fused-ring (bicyclic) bond motifs is 2. The summed E-state index contributed by atoms with van der Waals surface area (Å²) in [5, 5.41) is 3.69. The normalized spacial score (nSPS) is 21.7. The van der Waals surface area contributed by atoms with Crippen molar-refractivity contribution < 1.29 is 0 Å². The summed E-state index contributed by atoms with van der Waals surface area (Å²) in [5.41, 5.74) is 6.34. The Kier molecular flexibility index (Phi) is 3.33. The van der Waals surface area contributed by atoms with Gasteiger partial charge in [-0.1, -0.05) is 30.3 Å². The average Bonchev–Trinajstić information content (AvgIpc) is 2.79. The molecule has 1 heteroatoms. The van der Waals surface area contributed by atoms with E-state index in [1.165, 1.54) is 30.4 Å². The molecule has 1 aromatic carbocycles. The molecule has 1 aromatic rings. The minimum atomic E-state index is 0.598. The first-order valence-corrected chi connectivity index (χ1v) is 7.04. The highest BCUT2D eigenvalue weighted by molar-refractivity contribution is 5.78. The topological polar surface area (TPSA) is 12.0 Å². The molecule has 1 aliphatic heterocycles. The van der Waals surface area contributed by atoms with Crippen LogP contribution in [0.25, 0.3) is 5.57 Å². The van der Waals surface area contributed by atoms with E-state index in [1.807, 2.05) is 6.08 Å². The van der Waals surface area contributed by atoms with Gasteiger partial charge in [-0.05, 0) is 60.9 Å². The van der Waals surface area contributed by atoms with Gasteiger partial charge in [0.1, 0.15) is 0 Å². The quantitative estimate of drug-likeness (QED) is 0.624. The van der Waals surface area contributed by atoms with Crippen LogP contribution in [-0.4, -0.2) is 12.6 Å². The third kappa shape index (κ3) is 2.04. The monoisotopic (exact) mass is 239 g/mol. The maximum Gasteiger partial charge on any atom is 0.0288 e. The maximum absolute atomic E-state index is 3.81. The molecule has 0 saturated carbocycles. The van der Waals surface area contributed by atoms with Crippen molar-refractivity contribution in [1.29, 1.82) is 0 Å². The van der Waals surface area contributed by atoms with Crippen molar-refractivity contribution in [2.24, 2.45) is 0 Å². The largest absolute Gasteiger partial charge is 0.310 e. The van der Waals surface area contributed by atoms with E-state index in [-0.39, 0.29) is 0 Å². The zero-order valence-corrected chi connectivity index (χ0v) is 10.9. The molecule has 0 unspecified atom stereocenters. The molecule has 0 aromatic heterocycles. The molecule has 1 N–H and O–H groups in total. The number of unbranched alkanes of at least 4 members (excludes halogenated alkanes) is 1. The zero-order valence-electron chi connectivity index (χ0n) is 10.9. The van der Waals surface area contributed by atoms with Crippen LogP contribution < -0.4 is 5.32 Å². The van der Waals surface area contributed by atoms with Crippen molar-refractivity contribution in [3.8, 4) is 0 Å². The molecule has 1 heterocycles. The van der Waals surface area contributed by atoms with Crippen molar-refractivity contribution in [1.82, 2.24) is 5.32 Å². The number of benzene rings is 1. The van der Waals surface area contributed by atoms with E-state index < -0.39 is 0 Å². The Hall–Kier alpha value is -1.34. The first-order chi connectivity index (χ1) is 8.90. The highest BCUT2D eigenvalue weighted by Gasteiger charge is 2.28. The van der Waals surface area contributed by atoms with Gasteiger partial charge < -0.3 is 5.32 Å². The Labute approximate surface area is 110 Å². The Morgan fingerprint density at radius 3 is 3.11 bits per heavy atom. The first-order valence-electron chi connectivity index (χ1n) is 7.04. The lowest BCUT2D eigenvalue weighted by molar-refractivity contribution is 0.506. The average molecular weight is 239 g/mol. The van der Waals surface area contributed by atoms with Crippen molar-refractivity contribution in [3.63, 3.8) is 0 Å². The SMILES string of the molecule is C=CCCC[C@@H]1NCCC2=C1Cc1ccccc12. The maximum atomic E-state index is 3.81. The molecule has 1 atom stereocenters. The third-order valence-electron chi connectivity index (χ3n) is 4.20. The molecule has 94 valence electrons. The van der Waals surface area contributed by atoms with Crippen molar-refractivity contribution in [2.45, 2.75) is 38.1 Å². The second kappa shape index (κ2) is 5.11. The molecular formula is C17H21N. The fourth-order valence-electron chi connectivity index (χ4n) is 3.32. The third-order valence-corrected chi connectivity index (χ3v) is 4.20. The molecular weight excluding hydrogens is 218 g/mol. The van der Waals surface area contributed by atoms with Crippen LogP contribution >= 0.6 is 0 Å². The first kappa shape index (κ1) is 11.7. The summed E-state index contributed by atoms with van der Waals surface area (Å²) in [6.45, 7) is 4.94. The fraction of sp³-hybridized carbons (Fsp3) is 0.412.